The third-order valence-electron chi connectivity index (χ3n) is 5.17. The van der Waals surface area contributed by atoms with Gasteiger partial charge in [0.1, 0.15) is 6.61 Å². The van der Waals surface area contributed by atoms with Crippen LogP contribution in [0.5, 0.6) is 11.5 Å². The summed E-state index contributed by atoms with van der Waals surface area (Å²) in [5, 5.41) is 0.287. The molecule has 1 heterocycles. The molecule has 3 aromatic carbocycles. The summed E-state index contributed by atoms with van der Waals surface area (Å²) in [6.45, 7) is 2.62. The van der Waals surface area contributed by atoms with E-state index < -0.39 is 0 Å². The van der Waals surface area contributed by atoms with Gasteiger partial charge in [-0.05, 0) is 65.7 Å². The minimum absolute atomic E-state index is 0.190. The number of halogens is 2. The first kappa shape index (κ1) is 24.4. The van der Waals surface area contributed by atoms with Gasteiger partial charge in [0.25, 0.3) is 11.1 Å². The van der Waals surface area contributed by atoms with Crippen molar-refractivity contribution in [1.29, 1.82) is 0 Å². The average Bonchev–Trinajstić information content (AvgIpc) is 3.07. The molecule has 0 N–H and O–H groups in total. The van der Waals surface area contributed by atoms with Crippen molar-refractivity contribution in [3.8, 4) is 11.5 Å². The zero-order valence-corrected chi connectivity index (χ0v) is 21.7. The number of hydrogen-bond acceptors (Lipinski definition) is 5. The molecule has 0 atom stereocenters. The number of rotatable bonds is 7. The fourth-order valence-electron chi connectivity index (χ4n) is 3.45. The second-order valence-corrected chi connectivity index (χ2v) is 9.98. The number of ether oxygens (including phenoxy) is 2. The van der Waals surface area contributed by atoms with Gasteiger partial charge in [0.2, 0.25) is 0 Å². The largest absolute Gasteiger partial charge is 0.493 e. The van der Waals surface area contributed by atoms with Crippen molar-refractivity contribution in [2.75, 3.05) is 7.11 Å². The van der Waals surface area contributed by atoms with E-state index in [1.165, 1.54) is 4.90 Å². The fourth-order valence-corrected chi connectivity index (χ4v) is 4.84. The van der Waals surface area contributed by atoms with Crippen molar-refractivity contribution < 1.29 is 19.1 Å². The molecular formula is C26H21BrClNO4S. The van der Waals surface area contributed by atoms with E-state index in [1.54, 1.807) is 49.6 Å². The van der Waals surface area contributed by atoms with Crippen molar-refractivity contribution in [3.05, 3.63) is 97.3 Å². The van der Waals surface area contributed by atoms with Gasteiger partial charge in [0, 0.05) is 9.50 Å². The topological polar surface area (TPSA) is 55.8 Å². The Morgan fingerprint density at radius 2 is 1.79 bits per heavy atom. The Morgan fingerprint density at radius 3 is 2.50 bits per heavy atom. The first-order chi connectivity index (χ1) is 16.3. The Bertz CT molecular complexity index is 1280. The monoisotopic (exact) mass is 557 g/mol. The first-order valence-electron chi connectivity index (χ1n) is 10.4. The van der Waals surface area contributed by atoms with E-state index in [9.17, 15) is 9.59 Å². The lowest BCUT2D eigenvalue weighted by Gasteiger charge is -2.14. The molecule has 0 unspecified atom stereocenters. The number of imide groups is 1. The van der Waals surface area contributed by atoms with Crippen molar-refractivity contribution in [3.63, 3.8) is 0 Å². The second-order valence-electron chi connectivity index (χ2n) is 7.70. The molecule has 0 aliphatic carbocycles. The van der Waals surface area contributed by atoms with Gasteiger partial charge >= 0.3 is 0 Å². The highest BCUT2D eigenvalue weighted by molar-refractivity contribution is 9.10. The highest BCUT2D eigenvalue weighted by Gasteiger charge is 2.35. The molecular weight excluding hydrogens is 538 g/mol. The summed E-state index contributed by atoms with van der Waals surface area (Å²) < 4.78 is 12.2. The van der Waals surface area contributed by atoms with E-state index in [0.717, 1.165) is 32.9 Å². The van der Waals surface area contributed by atoms with Crippen LogP contribution in [0.25, 0.3) is 6.08 Å². The van der Waals surface area contributed by atoms with E-state index in [2.05, 4.69) is 22.0 Å². The van der Waals surface area contributed by atoms with E-state index in [1.807, 2.05) is 25.1 Å². The molecule has 2 amide bonds. The smallest absolute Gasteiger partial charge is 0.293 e. The molecule has 1 fully saturated rings. The molecule has 0 saturated carbocycles. The van der Waals surface area contributed by atoms with Gasteiger partial charge in [-0.15, -0.1) is 0 Å². The quantitative estimate of drug-likeness (QED) is 0.286. The molecule has 0 radical (unpaired) electrons. The molecule has 5 nitrogen and oxygen atoms in total. The summed E-state index contributed by atoms with van der Waals surface area (Å²) in [5.74, 6) is 0.766. The molecule has 4 rings (SSSR count). The Labute approximate surface area is 215 Å². The summed E-state index contributed by atoms with van der Waals surface area (Å²) in [5.41, 5.74) is 3.74. The van der Waals surface area contributed by atoms with Crippen LogP contribution in [0.15, 0.2) is 70.0 Å². The Kier molecular flexibility index (Phi) is 7.66. The van der Waals surface area contributed by atoms with Gasteiger partial charge in [-0.1, -0.05) is 69.5 Å². The zero-order chi connectivity index (χ0) is 24.2. The van der Waals surface area contributed by atoms with E-state index >= 15 is 0 Å². The molecule has 0 aromatic heterocycles. The van der Waals surface area contributed by atoms with E-state index in [-0.39, 0.29) is 17.7 Å². The van der Waals surface area contributed by atoms with Crippen LogP contribution in [0, 0.1) is 6.92 Å². The molecule has 174 valence electrons. The van der Waals surface area contributed by atoms with Gasteiger partial charge in [0.15, 0.2) is 11.5 Å². The van der Waals surface area contributed by atoms with Crippen LogP contribution < -0.4 is 9.47 Å². The number of thioether (sulfide) groups is 1. The summed E-state index contributed by atoms with van der Waals surface area (Å²) in [4.78, 5) is 27.0. The summed E-state index contributed by atoms with van der Waals surface area (Å²) in [7, 11) is 1.56. The Hall–Kier alpha value is -2.74. The number of methoxy groups -OCH3 is 1. The van der Waals surface area contributed by atoms with Crippen LogP contribution in [0.3, 0.4) is 0 Å². The van der Waals surface area contributed by atoms with Gasteiger partial charge in [-0.2, -0.15) is 0 Å². The standard InChI is InChI=1S/C26H21BrClNO4S/c1-16-4-3-5-18(10-16)15-33-23-13-21(27)19(11-22(23)32-2)12-24-25(30)29(26(31)34-24)14-17-6-8-20(28)9-7-17/h3-13H,14-15H2,1-2H3/b24-12-. The SMILES string of the molecule is COc1cc(/C=C2\SC(=O)N(Cc3ccc(Cl)cc3)C2=O)c(Br)cc1OCc1cccc(C)c1. The Balaban J connectivity index is 1.53. The van der Waals surface area contributed by atoms with Crippen LogP contribution in [-0.2, 0) is 17.9 Å². The lowest BCUT2D eigenvalue weighted by atomic mass is 10.1. The Morgan fingerprint density at radius 1 is 1.03 bits per heavy atom. The number of amides is 2. The predicted octanol–water partition coefficient (Wildman–Crippen LogP) is 7.24. The van der Waals surface area contributed by atoms with Crippen LogP contribution in [0.4, 0.5) is 4.79 Å². The number of carbonyl (C=O) groups excluding carboxylic acids is 2. The number of aryl methyl sites for hydroxylation is 1. The predicted molar refractivity (Wildman–Crippen MR) is 139 cm³/mol. The maximum Gasteiger partial charge on any atom is 0.293 e. The lowest BCUT2D eigenvalue weighted by Crippen LogP contribution is -2.27. The normalized spacial score (nSPS) is 14.7. The van der Waals surface area contributed by atoms with Gasteiger partial charge in [-0.3, -0.25) is 14.5 Å². The third-order valence-corrected chi connectivity index (χ3v) is 7.02. The van der Waals surface area contributed by atoms with Crippen LogP contribution >= 0.6 is 39.3 Å². The highest BCUT2D eigenvalue weighted by Crippen LogP contribution is 2.38. The molecule has 34 heavy (non-hydrogen) atoms. The molecule has 0 bridgehead atoms. The van der Waals surface area contributed by atoms with Gasteiger partial charge in [0.05, 0.1) is 18.6 Å². The van der Waals surface area contributed by atoms with Crippen LogP contribution in [0.1, 0.15) is 22.3 Å². The van der Waals surface area contributed by atoms with E-state index in [0.29, 0.717) is 33.6 Å². The maximum absolute atomic E-state index is 12.9. The summed E-state index contributed by atoms with van der Waals surface area (Å²) in [6, 6.07) is 18.7. The zero-order valence-electron chi connectivity index (χ0n) is 18.5. The lowest BCUT2D eigenvalue weighted by molar-refractivity contribution is -0.123. The summed E-state index contributed by atoms with van der Waals surface area (Å²) in [6.07, 6.45) is 1.68. The molecule has 8 heteroatoms. The van der Waals surface area contributed by atoms with Crippen LogP contribution in [0.2, 0.25) is 5.02 Å². The minimum atomic E-state index is -0.337. The molecule has 3 aromatic rings. The highest BCUT2D eigenvalue weighted by atomic mass is 79.9. The molecule has 1 aliphatic rings. The van der Waals surface area contributed by atoms with E-state index in [4.69, 9.17) is 21.1 Å². The molecule has 1 saturated heterocycles. The average molecular weight is 559 g/mol. The number of nitrogens with zero attached hydrogens (tertiary/aromatic N) is 1. The van der Waals surface area contributed by atoms with Crippen molar-refractivity contribution in [1.82, 2.24) is 4.90 Å². The van der Waals surface area contributed by atoms with Gasteiger partial charge in [-0.25, -0.2) is 0 Å². The molecule has 1 aliphatic heterocycles. The number of benzene rings is 3. The van der Waals surface area contributed by atoms with Crippen molar-refractivity contribution >= 4 is 56.5 Å². The van der Waals surface area contributed by atoms with Crippen molar-refractivity contribution in [2.45, 2.75) is 20.1 Å². The number of hydrogen-bond donors (Lipinski definition) is 0. The number of carbonyl (C=O) groups is 2. The van der Waals surface area contributed by atoms with Crippen molar-refractivity contribution in [2.24, 2.45) is 0 Å². The minimum Gasteiger partial charge on any atom is -0.493 e. The fraction of sp³-hybridized carbons (Fsp3) is 0.154. The molecule has 0 spiro atoms. The third kappa shape index (κ3) is 5.66. The van der Waals surface area contributed by atoms with Gasteiger partial charge < -0.3 is 9.47 Å². The first-order valence-corrected chi connectivity index (χ1v) is 12.4. The second kappa shape index (κ2) is 10.7. The maximum atomic E-state index is 12.9. The summed E-state index contributed by atoms with van der Waals surface area (Å²) >= 11 is 10.4. The van der Waals surface area contributed by atoms with Crippen LogP contribution in [-0.4, -0.2) is 23.2 Å².